The van der Waals surface area contributed by atoms with Crippen LogP contribution in [0, 0.1) is 11.8 Å². The van der Waals surface area contributed by atoms with Crippen molar-refractivity contribution in [3.63, 3.8) is 0 Å². The van der Waals surface area contributed by atoms with Gasteiger partial charge in [0.25, 0.3) is 0 Å². The van der Waals surface area contributed by atoms with Crippen LogP contribution in [0.15, 0.2) is 24.3 Å². The van der Waals surface area contributed by atoms with Crippen molar-refractivity contribution in [2.45, 2.75) is 19.8 Å². The maximum Gasteiger partial charge on any atom is 0.0555 e. The van der Waals surface area contributed by atoms with Crippen molar-refractivity contribution in [1.82, 2.24) is 0 Å². The van der Waals surface area contributed by atoms with Crippen LogP contribution in [0.5, 0.6) is 0 Å². The zero-order valence-corrected chi connectivity index (χ0v) is 8.17. The lowest BCUT2D eigenvalue weighted by atomic mass is 10.0. The van der Waals surface area contributed by atoms with Crippen molar-refractivity contribution in [2.75, 3.05) is 6.54 Å². The van der Waals surface area contributed by atoms with Crippen LogP contribution < -0.4 is 5.73 Å². The quantitative estimate of drug-likeness (QED) is 0.647. The van der Waals surface area contributed by atoms with Crippen LogP contribution in [0.3, 0.4) is 0 Å². The van der Waals surface area contributed by atoms with Crippen molar-refractivity contribution in [3.05, 3.63) is 35.4 Å². The molecule has 1 heteroatoms. The minimum absolute atomic E-state index is 0.423. The highest BCUT2D eigenvalue weighted by Gasteiger charge is 1.96. The molecule has 0 fully saturated rings. The Labute approximate surface area is 80.0 Å². The van der Waals surface area contributed by atoms with Crippen LogP contribution in [0.1, 0.15) is 30.9 Å². The molecule has 1 aromatic carbocycles. The molecule has 2 N–H and O–H groups in total. The molecule has 0 aromatic heterocycles. The molecule has 68 valence electrons. The summed E-state index contributed by atoms with van der Waals surface area (Å²) in [6.45, 7) is 4.78. The van der Waals surface area contributed by atoms with Crippen molar-refractivity contribution >= 4 is 0 Å². The standard InChI is InChI=1S/C12H15N/c1-10(2)12-7-5-11(6-8-12)4-3-9-13/h5-8,10H,9,13H2,1-2H3. The first-order valence-electron chi connectivity index (χ1n) is 4.53. The molecule has 1 rings (SSSR count). The Morgan fingerprint density at radius 2 is 1.85 bits per heavy atom. The van der Waals surface area contributed by atoms with E-state index in [4.69, 9.17) is 5.73 Å². The Morgan fingerprint density at radius 1 is 1.23 bits per heavy atom. The highest BCUT2D eigenvalue weighted by Crippen LogP contribution is 2.13. The average molecular weight is 173 g/mol. The first kappa shape index (κ1) is 9.83. The molecule has 0 amide bonds. The fraction of sp³-hybridized carbons (Fsp3) is 0.333. The summed E-state index contributed by atoms with van der Waals surface area (Å²) in [5.74, 6) is 6.41. The molecule has 0 atom stereocenters. The van der Waals surface area contributed by atoms with E-state index in [1.54, 1.807) is 0 Å². The first-order chi connectivity index (χ1) is 6.24. The van der Waals surface area contributed by atoms with Gasteiger partial charge in [0.1, 0.15) is 0 Å². The van der Waals surface area contributed by atoms with E-state index in [9.17, 15) is 0 Å². The van der Waals surface area contributed by atoms with Gasteiger partial charge in [-0.25, -0.2) is 0 Å². The number of rotatable bonds is 1. The van der Waals surface area contributed by atoms with Gasteiger partial charge in [-0.3, -0.25) is 0 Å². The van der Waals surface area contributed by atoms with Crippen LogP contribution in [-0.4, -0.2) is 6.54 Å². The Morgan fingerprint density at radius 3 is 2.31 bits per heavy atom. The molecule has 0 bridgehead atoms. The maximum absolute atomic E-state index is 5.28. The number of hydrogen-bond acceptors (Lipinski definition) is 1. The molecule has 1 nitrogen and oxygen atoms in total. The van der Waals surface area contributed by atoms with Crippen LogP contribution in [0.4, 0.5) is 0 Å². The molecule has 0 aliphatic carbocycles. The van der Waals surface area contributed by atoms with Crippen molar-refractivity contribution in [3.8, 4) is 11.8 Å². The van der Waals surface area contributed by atoms with E-state index >= 15 is 0 Å². The summed E-state index contributed by atoms with van der Waals surface area (Å²) in [6, 6.07) is 8.31. The molecule has 0 heterocycles. The molecule has 0 aliphatic rings. The Balaban J connectivity index is 2.81. The second kappa shape index (κ2) is 4.69. The van der Waals surface area contributed by atoms with Crippen molar-refractivity contribution in [1.29, 1.82) is 0 Å². The predicted octanol–water partition coefficient (Wildman–Crippen LogP) is 2.12. The molecule has 13 heavy (non-hydrogen) atoms. The van der Waals surface area contributed by atoms with Crippen molar-refractivity contribution in [2.24, 2.45) is 5.73 Å². The zero-order chi connectivity index (χ0) is 9.68. The monoisotopic (exact) mass is 173 g/mol. The lowest BCUT2D eigenvalue weighted by Crippen LogP contribution is -1.93. The van der Waals surface area contributed by atoms with Gasteiger partial charge in [0, 0.05) is 5.56 Å². The van der Waals surface area contributed by atoms with Crippen LogP contribution >= 0.6 is 0 Å². The molecule has 0 unspecified atom stereocenters. The van der Waals surface area contributed by atoms with Gasteiger partial charge in [-0.05, 0) is 23.6 Å². The fourth-order valence-electron chi connectivity index (χ4n) is 1.10. The minimum atomic E-state index is 0.423. The summed E-state index contributed by atoms with van der Waals surface area (Å²) in [5.41, 5.74) is 7.66. The zero-order valence-electron chi connectivity index (χ0n) is 8.17. The summed E-state index contributed by atoms with van der Waals surface area (Å²) in [6.07, 6.45) is 0. The van der Waals surface area contributed by atoms with Gasteiger partial charge in [-0.1, -0.05) is 37.8 Å². The molecule has 1 aromatic rings. The largest absolute Gasteiger partial charge is 0.320 e. The van der Waals surface area contributed by atoms with E-state index in [0.29, 0.717) is 12.5 Å². The Bertz CT molecular complexity index is 311. The molecular weight excluding hydrogens is 158 g/mol. The van der Waals surface area contributed by atoms with Gasteiger partial charge >= 0.3 is 0 Å². The Hall–Kier alpha value is -1.26. The third kappa shape index (κ3) is 2.93. The van der Waals surface area contributed by atoms with Gasteiger partial charge in [0.2, 0.25) is 0 Å². The summed E-state index contributed by atoms with van der Waals surface area (Å²) < 4.78 is 0. The lowest BCUT2D eigenvalue weighted by Gasteiger charge is -2.03. The van der Waals surface area contributed by atoms with E-state index in [1.807, 2.05) is 12.1 Å². The van der Waals surface area contributed by atoms with E-state index in [2.05, 4.69) is 37.8 Å². The molecular formula is C12H15N. The van der Waals surface area contributed by atoms with Gasteiger partial charge in [-0.15, -0.1) is 0 Å². The van der Waals surface area contributed by atoms with E-state index in [1.165, 1.54) is 5.56 Å². The number of hydrogen-bond donors (Lipinski definition) is 1. The number of benzene rings is 1. The minimum Gasteiger partial charge on any atom is -0.320 e. The third-order valence-corrected chi connectivity index (χ3v) is 1.91. The van der Waals surface area contributed by atoms with Gasteiger partial charge < -0.3 is 5.73 Å². The summed E-state index contributed by atoms with van der Waals surface area (Å²) in [7, 11) is 0. The molecule has 0 radical (unpaired) electrons. The predicted molar refractivity (Wildman–Crippen MR) is 56.5 cm³/mol. The fourth-order valence-corrected chi connectivity index (χ4v) is 1.10. The van der Waals surface area contributed by atoms with Crippen LogP contribution in [0.25, 0.3) is 0 Å². The van der Waals surface area contributed by atoms with Gasteiger partial charge in [0.05, 0.1) is 6.54 Å². The summed E-state index contributed by atoms with van der Waals surface area (Å²) in [5, 5.41) is 0. The number of nitrogens with two attached hydrogens (primary N) is 1. The van der Waals surface area contributed by atoms with Crippen LogP contribution in [-0.2, 0) is 0 Å². The van der Waals surface area contributed by atoms with Gasteiger partial charge in [0.15, 0.2) is 0 Å². The second-order valence-corrected chi connectivity index (χ2v) is 3.28. The smallest absolute Gasteiger partial charge is 0.0555 e. The topological polar surface area (TPSA) is 26.0 Å². The summed E-state index contributed by atoms with van der Waals surface area (Å²) >= 11 is 0. The highest BCUT2D eigenvalue weighted by molar-refractivity contribution is 5.36. The average Bonchev–Trinajstić information content (AvgIpc) is 2.15. The molecule has 0 aliphatic heterocycles. The van der Waals surface area contributed by atoms with Gasteiger partial charge in [-0.2, -0.15) is 0 Å². The first-order valence-corrected chi connectivity index (χ1v) is 4.53. The Kier molecular flexibility index (Phi) is 3.54. The molecule has 0 saturated carbocycles. The maximum atomic E-state index is 5.28. The highest BCUT2D eigenvalue weighted by atomic mass is 14.5. The van der Waals surface area contributed by atoms with Crippen molar-refractivity contribution < 1.29 is 0 Å². The normalized spacial score (nSPS) is 9.54. The summed E-state index contributed by atoms with van der Waals surface area (Å²) in [4.78, 5) is 0. The lowest BCUT2D eigenvalue weighted by molar-refractivity contribution is 0.866. The van der Waals surface area contributed by atoms with E-state index in [0.717, 1.165) is 5.56 Å². The van der Waals surface area contributed by atoms with E-state index < -0.39 is 0 Å². The third-order valence-electron chi connectivity index (χ3n) is 1.91. The molecule has 0 spiro atoms. The van der Waals surface area contributed by atoms with Crippen LogP contribution in [0.2, 0.25) is 0 Å². The SMILES string of the molecule is CC(C)c1ccc(C#CCN)cc1. The second-order valence-electron chi connectivity index (χ2n) is 3.28. The van der Waals surface area contributed by atoms with E-state index in [-0.39, 0.29) is 0 Å². The molecule has 0 saturated heterocycles.